The molecule has 1 aliphatic carbocycles. The van der Waals surface area contributed by atoms with Crippen molar-refractivity contribution >= 4 is 17.5 Å². The van der Waals surface area contributed by atoms with Crippen LogP contribution in [0.4, 0.5) is 5.69 Å². The molecule has 114 valence electrons. The minimum atomic E-state index is -0.533. The van der Waals surface area contributed by atoms with E-state index in [-0.39, 0.29) is 11.8 Å². The number of rotatable bonds is 6. The summed E-state index contributed by atoms with van der Waals surface area (Å²) in [6.07, 6.45) is 2.07. The molecule has 1 atom stereocenters. The molecule has 2 amide bonds. The van der Waals surface area contributed by atoms with Crippen molar-refractivity contribution in [2.75, 3.05) is 11.9 Å². The highest BCUT2D eigenvalue weighted by atomic mass is 16.2. The van der Waals surface area contributed by atoms with Crippen molar-refractivity contribution in [3.05, 3.63) is 29.3 Å². The van der Waals surface area contributed by atoms with E-state index in [1.807, 2.05) is 26.0 Å². The van der Waals surface area contributed by atoms with Crippen LogP contribution >= 0.6 is 0 Å². The lowest BCUT2D eigenvalue weighted by Crippen LogP contribution is -2.45. The zero-order valence-electron chi connectivity index (χ0n) is 12.8. The van der Waals surface area contributed by atoms with Crippen LogP contribution in [0.2, 0.25) is 0 Å². The van der Waals surface area contributed by atoms with E-state index >= 15 is 0 Å². The molecule has 0 radical (unpaired) electrons. The summed E-state index contributed by atoms with van der Waals surface area (Å²) in [5, 5.41) is 8.83. The van der Waals surface area contributed by atoms with Gasteiger partial charge < -0.3 is 16.0 Å². The van der Waals surface area contributed by atoms with Crippen molar-refractivity contribution in [2.45, 2.75) is 45.7 Å². The van der Waals surface area contributed by atoms with E-state index in [1.165, 1.54) is 0 Å². The van der Waals surface area contributed by atoms with Gasteiger partial charge >= 0.3 is 0 Å². The van der Waals surface area contributed by atoms with Gasteiger partial charge in [0.15, 0.2) is 0 Å². The molecule has 1 fully saturated rings. The zero-order chi connectivity index (χ0) is 15.4. The number of carbonyl (C=O) groups excluding carboxylic acids is 2. The summed E-state index contributed by atoms with van der Waals surface area (Å²) in [4.78, 5) is 24.2. The maximum absolute atomic E-state index is 12.3. The van der Waals surface area contributed by atoms with Crippen molar-refractivity contribution in [1.82, 2.24) is 10.6 Å². The van der Waals surface area contributed by atoms with Crippen LogP contribution in [0.5, 0.6) is 0 Å². The molecule has 5 heteroatoms. The lowest BCUT2D eigenvalue weighted by molar-refractivity contribution is -0.122. The molecule has 1 aromatic rings. The lowest BCUT2D eigenvalue weighted by atomic mass is 10.1. The zero-order valence-corrected chi connectivity index (χ0v) is 12.8. The Hall–Kier alpha value is -2.04. The highest BCUT2D eigenvalue weighted by Gasteiger charge is 2.26. The van der Waals surface area contributed by atoms with Crippen LogP contribution in [0.25, 0.3) is 0 Å². The molecule has 1 unspecified atom stereocenters. The molecule has 0 aromatic heterocycles. The van der Waals surface area contributed by atoms with Gasteiger partial charge in [0, 0.05) is 18.3 Å². The number of aryl methyl sites for hydroxylation is 1. The number of hydrogen-bond donors (Lipinski definition) is 3. The van der Waals surface area contributed by atoms with Gasteiger partial charge in [-0.25, -0.2) is 0 Å². The Morgan fingerprint density at radius 3 is 2.67 bits per heavy atom. The topological polar surface area (TPSA) is 70.2 Å². The Labute approximate surface area is 125 Å². The average molecular weight is 289 g/mol. The Kier molecular flexibility index (Phi) is 4.83. The van der Waals surface area contributed by atoms with Crippen LogP contribution in [0.15, 0.2) is 18.2 Å². The fourth-order valence-corrected chi connectivity index (χ4v) is 2.09. The van der Waals surface area contributed by atoms with Crippen molar-refractivity contribution in [1.29, 1.82) is 0 Å². The minimum Gasteiger partial charge on any atom is -0.385 e. The standard InChI is InChI=1S/C16H23N3O2/c1-4-17-14-9-10(2)5-8-13(14)16(21)18-11(3)15(20)19-12-6-7-12/h5,8-9,11-12,17H,4,6-7H2,1-3H3,(H,18,21)(H,19,20). The average Bonchev–Trinajstić information content (AvgIpc) is 3.23. The summed E-state index contributed by atoms with van der Waals surface area (Å²) in [5.74, 6) is -0.354. The van der Waals surface area contributed by atoms with E-state index in [0.717, 1.165) is 30.6 Å². The SMILES string of the molecule is CCNc1cc(C)ccc1C(=O)NC(C)C(=O)NC1CC1. The largest absolute Gasteiger partial charge is 0.385 e. The van der Waals surface area contributed by atoms with Gasteiger partial charge in [-0.2, -0.15) is 0 Å². The summed E-state index contributed by atoms with van der Waals surface area (Å²) in [5.41, 5.74) is 2.44. The molecule has 1 saturated carbocycles. The first-order valence-corrected chi connectivity index (χ1v) is 7.47. The Balaban J connectivity index is 2.03. The molecule has 3 N–H and O–H groups in total. The normalized spacial score (nSPS) is 15.2. The number of amides is 2. The lowest BCUT2D eigenvalue weighted by Gasteiger charge is -2.16. The van der Waals surface area contributed by atoms with Gasteiger partial charge in [-0.3, -0.25) is 9.59 Å². The molecule has 0 aliphatic heterocycles. The molecular weight excluding hydrogens is 266 g/mol. The smallest absolute Gasteiger partial charge is 0.254 e. The second kappa shape index (κ2) is 6.61. The van der Waals surface area contributed by atoms with E-state index in [1.54, 1.807) is 13.0 Å². The monoisotopic (exact) mass is 289 g/mol. The highest BCUT2D eigenvalue weighted by Crippen LogP contribution is 2.19. The van der Waals surface area contributed by atoms with E-state index in [4.69, 9.17) is 0 Å². The third-order valence-electron chi connectivity index (χ3n) is 3.45. The fraction of sp³-hybridized carbons (Fsp3) is 0.500. The maximum Gasteiger partial charge on any atom is 0.254 e. The van der Waals surface area contributed by atoms with Crippen molar-refractivity contribution < 1.29 is 9.59 Å². The van der Waals surface area contributed by atoms with Crippen LogP contribution < -0.4 is 16.0 Å². The van der Waals surface area contributed by atoms with Crippen LogP contribution in [0, 0.1) is 6.92 Å². The summed E-state index contributed by atoms with van der Waals surface area (Å²) in [6, 6.07) is 5.38. The number of hydrogen-bond acceptors (Lipinski definition) is 3. The number of nitrogens with one attached hydrogen (secondary N) is 3. The summed E-state index contributed by atoms with van der Waals surface area (Å²) >= 11 is 0. The van der Waals surface area contributed by atoms with Crippen LogP contribution in [-0.4, -0.2) is 30.4 Å². The first-order chi connectivity index (χ1) is 10.0. The second-order valence-corrected chi connectivity index (χ2v) is 5.56. The molecule has 21 heavy (non-hydrogen) atoms. The van der Waals surface area contributed by atoms with Gasteiger partial charge in [0.25, 0.3) is 5.91 Å². The van der Waals surface area contributed by atoms with Crippen LogP contribution in [-0.2, 0) is 4.79 Å². The summed E-state index contributed by atoms with van der Waals surface area (Å²) in [7, 11) is 0. The highest BCUT2D eigenvalue weighted by molar-refractivity contribution is 6.01. The molecule has 2 rings (SSSR count). The molecule has 5 nitrogen and oxygen atoms in total. The van der Waals surface area contributed by atoms with E-state index in [9.17, 15) is 9.59 Å². The molecule has 1 aromatic carbocycles. The molecular formula is C16H23N3O2. The predicted octanol–water partition coefficient (Wildman–Crippen LogP) is 1.82. The first-order valence-electron chi connectivity index (χ1n) is 7.47. The molecule has 0 saturated heterocycles. The third kappa shape index (κ3) is 4.21. The van der Waals surface area contributed by atoms with Gasteiger partial charge in [-0.15, -0.1) is 0 Å². The van der Waals surface area contributed by atoms with Gasteiger partial charge in [0.05, 0.1) is 5.56 Å². The van der Waals surface area contributed by atoms with Crippen molar-refractivity contribution in [2.24, 2.45) is 0 Å². The quantitative estimate of drug-likeness (QED) is 0.748. The van der Waals surface area contributed by atoms with Gasteiger partial charge in [-0.1, -0.05) is 6.07 Å². The molecule has 1 aliphatic rings. The molecule has 0 spiro atoms. The summed E-state index contributed by atoms with van der Waals surface area (Å²) in [6.45, 7) is 6.40. The van der Waals surface area contributed by atoms with Gasteiger partial charge in [0.2, 0.25) is 5.91 Å². The maximum atomic E-state index is 12.3. The van der Waals surface area contributed by atoms with Crippen LogP contribution in [0.1, 0.15) is 42.6 Å². The van der Waals surface area contributed by atoms with Crippen molar-refractivity contribution in [3.8, 4) is 0 Å². The third-order valence-corrected chi connectivity index (χ3v) is 3.45. The summed E-state index contributed by atoms with van der Waals surface area (Å²) < 4.78 is 0. The Bertz CT molecular complexity index is 538. The second-order valence-electron chi connectivity index (χ2n) is 5.56. The van der Waals surface area contributed by atoms with E-state index in [2.05, 4.69) is 16.0 Å². The molecule has 0 bridgehead atoms. The van der Waals surface area contributed by atoms with Gasteiger partial charge in [0.1, 0.15) is 6.04 Å². The van der Waals surface area contributed by atoms with Crippen molar-refractivity contribution in [3.63, 3.8) is 0 Å². The number of carbonyl (C=O) groups is 2. The van der Waals surface area contributed by atoms with E-state index < -0.39 is 6.04 Å². The first kappa shape index (κ1) is 15.4. The Morgan fingerprint density at radius 2 is 2.05 bits per heavy atom. The minimum absolute atomic E-state index is 0.122. The number of benzene rings is 1. The number of anilines is 1. The predicted molar refractivity (Wildman–Crippen MR) is 83.4 cm³/mol. The fourth-order valence-electron chi connectivity index (χ4n) is 2.09. The molecule has 0 heterocycles. The van der Waals surface area contributed by atoms with E-state index in [0.29, 0.717) is 11.6 Å². The van der Waals surface area contributed by atoms with Gasteiger partial charge in [-0.05, 0) is 51.3 Å². The van der Waals surface area contributed by atoms with Crippen LogP contribution in [0.3, 0.4) is 0 Å². The Morgan fingerprint density at radius 1 is 1.33 bits per heavy atom.